The third kappa shape index (κ3) is 4.03. The molecule has 118 valence electrons. The minimum absolute atomic E-state index is 0.307. The maximum atomic E-state index is 12.4. The Hall–Kier alpha value is -0.950. The highest BCUT2D eigenvalue weighted by Gasteiger charge is 2.23. The highest BCUT2D eigenvalue weighted by Crippen LogP contribution is 2.17. The number of hydrogen-bond acceptors (Lipinski definition) is 4. The number of likely N-dealkylation sites (N-methyl/N-ethyl adjacent to an activating group) is 1. The number of nitrogens with zero attached hydrogens (tertiary/aromatic N) is 1. The summed E-state index contributed by atoms with van der Waals surface area (Å²) in [6.07, 6.45) is 2.19. The van der Waals surface area contributed by atoms with E-state index in [9.17, 15) is 8.42 Å². The maximum Gasteiger partial charge on any atom is 0.240 e. The number of hydrogen-bond donors (Lipinski definition) is 2. The van der Waals surface area contributed by atoms with Crippen molar-refractivity contribution in [3.05, 3.63) is 29.3 Å². The summed E-state index contributed by atoms with van der Waals surface area (Å²) in [5, 5.41) is 3.06. The van der Waals surface area contributed by atoms with E-state index in [1.165, 1.54) is 0 Å². The van der Waals surface area contributed by atoms with Gasteiger partial charge in [-0.3, -0.25) is 0 Å². The molecule has 0 radical (unpaired) electrons. The summed E-state index contributed by atoms with van der Waals surface area (Å²) < 4.78 is 27.6. The molecule has 1 aromatic carbocycles. The van der Waals surface area contributed by atoms with Crippen molar-refractivity contribution in [3.63, 3.8) is 0 Å². The van der Waals surface area contributed by atoms with Gasteiger partial charge in [0.1, 0.15) is 0 Å². The largest absolute Gasteiger partial charge is 0.316 e. The lowest BCUT2D eigenvalue weighted by atomic mass is 10.1. The van der Waals surface area contributed by atoms with Crippen molar-refractivity contribution in [2.75, 3.05) is 27.2 Å². The molecule has 0 aliphatic carbocycles. The van der Waals surface area contributed by atoms with E-state index in [1.807, 2.05) is 27.1 Å². The van der Waals surface area contributed by atoms with Gasteiger partial charge in [-0.25, -0.2) is 13.1 Å². The second kappa shape index (κ2) is 6.87. The highest BCUT2D eigenvalue weighted by molar-refractivity contribution is 7.89. The van der Waals surface area contributed by atoms with Gasteiger partial charge in [0.05, 0.1) is 4.90 Å². The zero-order valence-electron chi connectivity index (χ0n) is 13.0. The fourth-order valence-corrected chi connectivity index (χ4v) is 3.85. The van der Waals surface area contributed by atoms with Crippen LogP contribution in [0.25, 0.3) is 0 Å². The third-order valence-electron chi connectivity index (χ3n) is 4.18. The van der Waals surface area contributed by atoms with Crippen LogP contribution in [0.2, 0.25) is 0 Å². The molecule has 1 aliphatic rings. The zero-order valence-corrected chi connectivity index (χ0v) is 13.8. The van der Waals surface area contributed by atoms with E-state index in [2.05, 4.69) is 14.9 Å². The summed E-state index contributed by atoms with van der Waals surface area (Å²) in [7, 11) is 0.467. The molecular formula is C15H25N3O2S. The lowest BCUT2D eigenvalue weighted by Crippen LogP contribution is -2.38. The van der Waals surface area contributed by atoms with Crippen LogP contribution in [-0.2, 0) is 16.6 Å². The van der Waals surface area contributed by atoms with Crippen LogP contribution in [0.5, 0.6) is 0 Å². The SMILES string of the molecule is CNCc1cc(S(=O)(=O)NCC2CCCN2C)ccc1C. The van der Waals surface area contributed by atoms with Crippen LogP contribution in [0.15, 0.2) is 23.1 Å². The van der Waals surface area contributed by atoms with Crippen molar-refractivity contribution < 1.29 is 8.42 Å². The second-order valence-electron chi connectivity index (χ2n) is 5.75. The first-order chi connectivity index (χ1) is 9.94. The van der Waals surface area contributed by atoms with Gasteiger partial charge in [-0.2, -0.15) is 0 Å². The molecule has 6 heteroatoms. The Kier molecular flexibility index (Phi) is 5.37. The highest BCUT2D eigenvalue weighted by atomic mass is 32.2. The molecule has 0 saturated carbocycles. The van der Waals surface area contributed by atoms with Crippen LogP contribution in [0.3, 0.4) is 0 Å². The van der Waals surface area contributed by atoms with Gasteiger partial charge >= 0.3 is 0 Å². The van der Waals surface area contributed by atoms with Crippen molar-refractivity contribution in [2.45, 2.75) is 37.2 Å². The molecule has 1 heterocycles. The Morgan fingerprint density at radius 3 is 2.76 bits per heavy atom. The van der Waals surface area contributed by atoms with E-state index >= 15 is 0 Å². The lowest BCUT2D eigenvalue weighted by molar-refractivity contribution is 0.311. The fourth-order valence-electron chi connectivity index (χ4n) is 2.72. The van der Waals surface area contributed by atoms with Gasteiger partial charge < -0.3 is 10.2 Å². The average Bonchev–Trinajstić information content (AvgIpc) is 2.85. The predicted molar refractivity (Wildman–Crippen MR) is 84.8 cm³/mol. The Morgan fingerprint density at radius 1 is 1.38 bits per heavy atom. The van der Waals surface area contributed by atoms with Gasteiger partial charge in [0, 0.05) is 19.1 Å². The molecule has 2 rings (SSSR count). The molecule has 5 nitrogen and oxygen atoms in total. The van der Waals surface area contributed by atoms with Crippen molar-refractivity contribution in [2.24, 2.45) is 0 Å². The Morgan fingerprint density at radius 2 is 2.14 bits per heavy atom. The minimum atomic E-state index is -3.43. The number of aryl methyl sites for hydroxylation is 1. The van der Waals surface area contributed by atoms with Gasteiger partial charge in [0.15, 0.2) is 0 Å². The predicted octanol–water partition coefficient (Wildman–Crippen LogP) is 1.09. The number of benzene rings is 1. The minimum Gasteiger partial charge on any atom is -0.316 e. The van der Waals surface area contributed by atoms with Gasteiger partial charge in [-0.1, -0.05) is 6.07 Å². The molecule has 1 unspecified atom stereocenters. The lowest BCUT2D eigenvalue weighted by Gasteiger charge is -2.20. The van der Waals surface area contributed by atoms with E-state index in [-0.39, 0.29) is 0 Å². The molecule has 21 heavy (non-hydrogen) atoms. The summed E-state index contributed by atoms with van der Waals surface area (Å²) in [6.45, 7) is 4.18. The van der Waals surface area contributed by atoms with Gasteiger partial charge in [-0.05, 0) is 63.7 Å². The van der Waals surface area contributed by atoms with Crippen LogP contribution in [0.4, 0.5) is 0 Å². The number of sulfonamides is 1. The Labute approximate surface area is 127 Å². The standard InChI is InChI=1S/C15H25N3O2S/c1-12-6-7-15(9-13(12)10-16-2)21(19,20)17-11-14-5-4-8-18(14)3/h6-7,9,14,16-17H,4-5,8,10-11H2,1-3H3. The summed E-state index contributed by atoms with van der Waals surface area (Å²) >= 11 is 0. The third-order valence-corrected chi connectivity index (χ3v) is 5.60. The average molecular weight is 311 g/mol. The summed E-state index contributed by atoms with van der Waals surface area (Å²) in [5.41, 5.74) is 2.11. The maximum absolute atomic E-state index is 12.4. The van der Waals surface area contributed by atoms with Crippen LogP contribution >= 0.6 is 0 Å². The van der Waals surface area contributed by atoms with Crippen molar-refractivity contribution in [1.29, 1.82) is 0 Å². The topological polar surface area (TPSA) is 61.4 Å². The summed E-state index contributed by atoms with van der Waals surface area (Å²) in [5.74, 6) is 0. The molecule has 2 N–H and O–H groups in total. The van der Waals surface area contributed by atoms with E-state index in [0.29, 0.717) is 24.0 Å². The van der Waals surface area contributed by atoms with Gasteiger partial charge in [-0.15, -0.1) is 0 Å². The summed E-state index contributed by atoms with van der Waals surface area (Å²) in [6, 6.07) is 5.60. The fraction of sp³-hybridized carbons (Fsp3) is 0.600. The first-order valence-corrected chi connectivity index (χ1v) is 8.86. The Bertz CT molecular complexity index is 587. The van der Waals surface area contributed by atoms with E-state index in [4.69, 9.17) is 0 Å². The second-order valence-corrected chi connectivity index (χ2v) is 7.51. The van der Waals surface area contributed by atoms with Crippen LogP contribution in [0.1, 0.15) is 24.0 Å². The molecule has 0 spiro atoms. The number of nitrogens with one attached hydrogen (secondary N) is 2. The van der Waals surface area contributed by atoms with Crippen LogP contribution in [-0.4, -0.2) is 46.5 Å². The number of rotatable bonds is 6. The van der Waals surface area contributed by atoms with Crippen molar-refractivity contribution in [1.82, 2.24) is 14.9 Å². The number of likely N-dealkylation sites (tertiary alicyclic amines) is 1. The zero-order chi connectivity index (χ0) is 15.5. The van der Waals surface area contributed by atoms with E-state index in [1.54, 1.807) is 12.1 Å². The molecule has 1 fully saturated rings. The molecule has 1 atom stereocenters. The van der Waals surface area contributed by atoms with E-state index in [0.717, 1.165) is 30.5 Å². The molecule has 1 aliphatic heterocycles. The van der Waals surface area contributed by atoms with E-state index < -0.39 is 10.0 Å². The van der Waals surface area contributed by atoms with Crippen LogP contribution in [0, 0.1) is 6.92 Å². The normalized spacial score (nSPS) is 20.0. The molecule has 0 aromatic heterocycles. The monoisotopic (exact) mass is 311 g/mol. The van der Waals surface area contributed by atoms with Crippen molar-refractivity contribution >= 4 is 10.0 Å². The van der Waals surface area contributed by atoms with Gasteiger partial charge in [0.2, 0.25) is 10.0 Å². The quantitative estimate of drug-likeness (QED) is 0.825. The molecule has 1 aromatic rings. The van der Waals surface area contributed by atoms with Crippen molar-refractivity contribution in [3.8, 4) is 0 Å². The first-order valence-electron chi connectivity index (χ1n) is 7.38. The van der Waals surface area contributed by atoms with Crippen LogP contribution < -0.4 is 10.0 Å². The Balaban J connectivity index is 2.10. The summed E-state index contributed by atoms with van der Waals surface area (Å²) in [4.78, 5) is 2.56. The molecular weight excluding hydrogens is 286 g/mol. The smallest absolute Gasteiger partial charge is 0.240 e. The molecule has 1 saturated heterocycles. The molecule has 0 amide bonds. The molecule has 0 bridgehead atoms. The van der Waals surface area contributed by atoms with Gasteiger partial charge in [0.25, 0.3) is 0 Å². The first kappa shape index (κ1) is 16.4.